The summed E-state index contributed by atoms with van der Waals surface area (Å²) >= 11 is 0. The van der Waals surface area contributed by atoms with E-state index in [-0.39, 0.29) is 18.9 Å². The molecular formula is C56H95NO13. The van der Waals surface area contributed by atoms with Crippen molar-refractivity contribution in [3.63, 3.8) is 0 Å². The molecule has 2 saturated heterocycles. The number of unbranched alkanes of at least 4 members (excludes halogenated alkanes) is 15. The van der Waals surface area contributed by atoms with Gasteiger partial charge in [0.2, 0.25) is 5.91 Å². The summed E-state index contributed by atoms with van der Waals surface area (Å²) in [6, 6.07) is -0.964. The molecule has 0 aromatic heterocycles. The Kier molecular flexibility index (Phi) is 37.6. The summed E-state index contributed by atoms with van der Waals surface area (Å²) in [6.07, 6.45) is 37.7. The van der Waals surface area contributed by atoms with Crippen molar-refractivity contribution in [2.24, 2.45) is 0 Å². The average Bonchev–Trinajstić information content (AvgIpc) is 3.36. The number of aliphatic hydroxyl groups excluding tert-OH is 8. The Balaban J connectivity index is 1.87. The maximum atomic E-state index is 13.2. The van der Waals surface area contributed by atoms with Crippen molar-refractivity contribution in [2.45, 2.75) is 242 Å². The lowest BCUT2D eigenvalue weighted by Gasteiger charge is -2.46. The lowest BCUT2D eigenvalue weighted by molar-refractivity contribution is -0.359. The van der Waals surface area contributed by atoms with Crippen molar-refractivity contribution in [3.05, 3.63) is 85.1 Å². The van der Waals surface area contributed by atoms with Crippen LogP contribution in [0.5, 0.6) is 0 Å². The van der Waals surface area contributed by atoms with Gasteiger partial charge in [-0.05, 0) is 83.5 Å². The first kappa shape index (κ1) is 63.3. The van der Waals surface area contributed by atoms with E-state index in [0.29, 0.717) is 12.8 Å². The van der Waals surface area contributed by atoms with Gasteiger partial charge in [-0.15, -0.1) is 0 Å². The van der Waals surface area contributed by atoms with Gasteiger partial charge in [0.15, 0.2) is 12.6 Å². The van der Waals surface area contributed by atoms with E-state index in [1.54, 1.807) is 6.08 Å². The SMILES string of the molecule is CC/C=C\C/C=C\C/C=C\C/C=C\CCCCC(=O)NC(COC1OC(CO)C(OC2OC(CO)C(O)C(O)C2O)C(O)C1O)C(O)/C=C/CC/C=C/CC/C=C/CCCCCCCCCCCCC. The predicted molar refractivity (Wildman–Crippen MR) is 276 cm³/mol. The summed E-state index contributed by atoms with van der Waals surface area (Å²) in [5, 5.41) is 86.8. The topological polar surface area (TPSA) is 228 Å². The Labute approximate surface area is 420 Å². The number of nitrogens with one attached hydrogen (secondary N) is 1. The predicted octanol–water partition coefficient (Wildman–Crippen LogP) is 7.77. The monoisotopic (exact) mass is 990 g/mol. The van der Waals surface area contributed by atoms with Gasteiger partial charge in [0, 0.05) is 6.42 Å². The van der Waals surface area contributed by atoms with Gasteiger partial charge in [-0.2, -0.15) is 0 Å². The summed E-state index contributed by atoms with van der Waals surface area (Å²) in [5.74, 6) is -0.298. The molecule has 9 N–H and O–H groups in total. The van der Waals surface area contributed by atoms with Crippen LogP contribution in [0.3, 0.4) is 0 Å². The van der Waals surface area contributed by atoms with E-state index in [1.807, 2.05) is 6.08 Å². The normalized spacial score (nSPS) is 26.7. The smallest absolute Gasteiger partial charge is 0.220 e. The Morgan fingerprint density at radius 3 is 1.57 bits per heavy atom. The van der Waals surface area contributed by atoms with Crippen molar-refractivity contribution in [1.29, 1.82) is 0 Å². The maximum Gasteiger partial charge on any atom is 0.220 e. The van der Waals surface area contributed by atoms with E-state index >= 15 is 0 Å². The van der Waals surface area contributed by atoms with E-state index in [2.05, 4.69) is 92.1 Å². The molecule has 12 unspecified atom stereocenters. The molecule has 1 amide bonds. The summed E-state index contributed by atoms with van der Waals surface area (Å²) in [6.45, 7) is 2.60. The summed E-state index contributed by atoms with van der Waals surface area (Å²) in [5.41, 5.74) is 0. The molecule has 0 spiro atoms. The van der Waals surface area contributed by atoms with Gasteiger partial charge in [0.05, 0.1) is 32.0 Å². The number of carbonyl (C=O) groups is 1. The largest absolute Gasteiger partial charge is 0.394 e. The average molecular weight is 990 g/mol. The molecule has 0 saturated carbocycles. The minimum atomic E-state index is -1.80. The Morgan fingerprint density at radius 2 is 1.00 bits per heavy atom. The fourth-order valence-corrected chi connectivity index (χ4v) is 8.19. The van der Waals surface area contributed by atoms with E-state index in [9.17, 15) is 45.6 Å². The van der Waals surface area contributed by atoms with Crippen molar-refractivity contribution in [1.82, 2.24) is 5.32 Å². The molecule has 12 atom stereocenters. The highest BCUT2D eigenvalue weighted by Gasteiger charge is 2.51. The number of aliphatic hydroxyl groups is 8. The van der Waals surface area contributed by atoms with E-state index in [4.69, 9.17) is 18.9 Å². The van der Waals surface area contributed by atoms with Gasteiger partial charge < -0.3 is 65.1 Å². The van der Waals surface area contributed by atoms with Crippen LogP contribution in [-0.4, -0.2) is 140 Å². The number of rotatable bonds is 40. The number of hydrogen-bond acceptors (Lipinski definition) is 13. The van der Waals surface area contributed by atoms with Crippen LogP contribution in [0.4, 0.5) is 0 Å². The van der Waals surface area contributed by atoms with Crippen LogP contribution < -0.4 is 5.32 Å². The molecule has 2 rings (SSSR count). The Bertz CT molecular complexity index is 1500. The van der Waals surface area contributed by atoms with Crippen LogP contribution in [0.2, 0.25) is 0 Å². The van der Waals surface area contributed by atoms with Crippen LogP contribution in [0, 0.1) is 0 Å². The number of ether oxygens (including phenoxy) is 4. The molecule has 0 bridgehead atoms. The molecule has 2 fully saturated rings. The third kappa shape index (κ3) is 27.8. The van der Waals surface area contributed by atoms with Gasteiger partial charge in [0.25, 0.3) is 0 Å². The quantitative estimate of drug-likeness (QED) is 0.0212. The molecule has 0 aromatic rings. The van der Waals surface area contributed by atoms with Gasteiger partial charge in [-0.3, -0.25) is 4.79 Å². The standard InChI is InChI=1S/C56H95NO13/c1-3-5-7-9-11-13-15-17-19-20-21-22-23-24-26-27-29-31-33-35-37-39-45(60)44(57-48(61)40-38-36-34-32-30-28-25-18-16-14-12-10-8-6-4-2)43-67-55-53(66)51(64)54(47(42-59)69-55)70-56-52(65)50(63)49(62)46(41-58)68-56/h6,8,12,14,18,23-25,29-32,37,39,44-47,49-56,58-60,62-66H,3-5,7,9-11,13,15-17,19-22,26-28,33-36,38,40-43H2,1-2H3,(H,57,61)/b8-6-,14-12-,24-23+,25-18-,31-29+,32-30-,39-37+. The lowest BCUT2D eigenvalue weighted by Crippen LogP contribution is -2.65. The first-order chi connectivity index (χ1) is 34.1. The number of hydrogen-bond donors (Lipinski definition) is 9. The zero-order valence-electron chi connectivity index (χ0n) is 42.7. The first-order valence-electron chi connectivity index (χ1n) is 26.8. The second kappa shape index (κ2) is 41.6. The molecule has 2 aliphatic heterocycles. The third-order valence-corrected chi connectivity index (χ3v) is 12.5. The van der Waals surface area contributed by atoms with Crippen molar-refractivity contribution in [3.8, 4) is 0 Å². The van der Waals surface area contributed by atoms with Gasteiger partial charge >= 0.3 is 0 Å². The van der Waals surface area contributed by atoms with Crippen LogP contribution in [-0.2, 0) is 23.7 Å². The molecule has 14 nitrogen and oxygen atoms in total. The Morgan fingerprint density at radius 1 is 0.529 bits per heavy atom. The molecule has 0 radical (unpaired) electrons. The van der Waals surface area contributed by atoms with E-state index in [1.165, 1.54) is 70.6 Å². The highest BCUT2D eigenvalue weighted by molar-refractivity contribution is 5.76. The third-order valence-electron chi connectivity index (χ3n) is 12.5. The molecule has 14 heteroatoms. The molecule has 402 valence electrons. The van der Waals surface area contributed by atoms with E-state index < -0.39 is 86.8 Å². The molecule has 2 heterocycles. The summed E-state index contributed by atoms with van der Waals surface area (Å²) < 4.78 is 22.7. The minimum Gasteiger partial charge on any atom is -0.394 e. The van der Waals surface area contributed by atoms with Crippen molar-refractivity contribution in [2.75, 3.05) is 19.8 Å². The highest BCUT2D eigenvalue weighted by atomic mass is 16.7. The van der Waals surface area contributed by atoms with E-state index in [0.717, 1.165) is 64.2 Å². The van der Waals surface area contributed by atoms with Crippen LogP contribution in [0.1, 0.15) is 168 Å². The molecule has 2 aliphatic rings. The maximum absolute atomic E-state index is 13.2. The van der Waals surface area contributed by atoms with Crippen molar-refractivity contribution < 1.29 is 64.6 Å². The first-order valence-corrected chi connectivity index (χ1v) is 26.8. The fourth-order valence-electron chi connectivity index (χ4n) is 8.19. The van der Waals surface area contributed by atoms with Crippen LogP contribution >= 0.6 is 0 Å². The summed E-state index contributed by atoms with van der Waals surface area (Å²) in [7, 11) is 0. The van der Waals surface area contributed by atoms with Gasteiger partial charge in [0.1, 0.15) is 48.8 Å². The van der Waals surface area contributed by atoms with Gasteiger partial charge in [-0.1, -0.05) is 163 Å². The number of carbonyl (C=O) groups excluding carboxylic acids is 1. The second-order valence-electron chi connectivity index (χ2n) is 18.6. The molecule has 0 aliphatic carbocycles. The van der Waals surface area contributed by atoms with Gasteiger partial charge in [-0.25, -0.2) is 0 Å². The summed E-state index contributed by atoms with van der Waals surface area (Å²) in [4.78, 5) is 13.2. The van der Waals surface area contributed by atoms with Crippen molar-refractivity contribution >= 4 is 5.91 Å². The zero-order valence-corrected chi connectivity index (χ0v) is 42.7. The lowest BCUT2D eigenvalue weighted by atomic mass is 9.97. The molecule has 70 heavy (non-hydrogen) atoms. The number of allylic oxidation sites excluding steroid dienone is 13. The Hall–Kier alpha value is -2.83. The van der Waals surface area contributed by atoms with Crippen LogP contribution in [0.25, 0.3) is 0 Å². The molecule has 0 aromatic carbocycles. The molecular weight excluding hydrogens is 895 g/mol. The second-order valence-corrected chi connectivity index (χ2v) is 18.6. The zero-order chi connectivity index (χ0) is 51.0. The minimum absolute atomic E-state index is 0.213. The fraction of sp³-hybridized carbons (Fsp3) is 0.732. The van der Waals surface area contributed by atoms with Crippen LogP contribution in [0.15, 0.2) is 85.1 Å². The number of amides is 1. The highest BCUT2D eigenvalue weighted by Crippen LogP contribution is 2.30.